The van der Waals surface area contributed by atoms with Gasteiger partial charge in [0, 0.05) is 44.0 Å². The van der Waals surface area contributed by atoms with Crippen LogP contribution in [0.15, 0.2) is 24.3 Å². The van der Waals surface area contributed by atoms with Crippen molar-refractivity contribution in [2.24, 2.45) is 0 Å². The smallest absolute Gasteiger partial charge is 0.269 e. The number of benzene rings is 1. The topological polar surface area (TPSA) is 93.2 Å². The number of nitrogens with zero attached hydrogens (tertiary/aromatic N) is 7. The van der Waals surface area contributed by atoms with Crippen molar-refractivity contribution in [2.45, 2.75) is 39.3 Å². The van der Waals surface area contributed by atoms with Gasteiger partial charge in [-0.2, -0.15) is 0 Å². The molecule has 0 unspecified atom stereocenters. The van der Waals surface area contributed by atoms with Crippen molar-refractivity contribution in [3.63, 3.8) is 0 Å². The van der Waals surface area contributed by atoms with Gasteiger partial charge in [0.2, 0.25) is 0 Å². The molecule has 0 radical (unpaired) electrons. The summed E-state index contributed by atoms with van der Waals surface area (Å²) in [6.07, 6.45) is 0.957. The van der Waals surface area contributed by atoms with Gasteiger partial charge in [-0.15, -0.1) is 5.10 Å². The van der Waals surface area contributed by atoms with Crippen LogP contribution in [0.5, 0.6) is 0 Å². The highest BCUT2D eigenvalue weighted by Crippen LogP contribution is 2.22. The highest BCUT2D eigenvalue weighted by atomic mass is 16.6. The first kappa shape index (κ1) is 18.2. The van der Waals surface area contributed by atoms with Gasteiger partial charge < -0.3 is 4.90 Å². The SMILES string of the molecule is CCC(C)(C)n1nnnc1CN1CCN(c2ccc([N+](=O)[O-])cc2)CC1. The van der Waals surface area contributed by atoms with Crippen molar-refractivity contribution in [3.8, 4) is 0 Å². The predicted octanol–water partition coefficient (Wildman–Crippen LogP) is 2.05. The summed E-state index contributed by atoms with van der Waals surface area (Å²) >= 11 is 0. The van der Waals surface area contributed by atoms with Crippen LogP contribution in [0.4, 0.5) is 11.4 Å². The summed E-state index contributed by atoms with van der Waals surface area (Å²) in [7, 11) is 0. The highest BCUT2D eigenvalue weighted by molar-refractivity contribution is 5.51. The number of rotatable bonds is 6. The van der Waals surface area contributed by atoms with Crippen molar-refractivity contribution >= 4 is 11.4 Å². The third-order valence-electron chi connectivity index (χ3n) is 5.14. The van der Waals surface area contributed by atoms with Crippen LogP contribution in [0.3, 0.4) is 0 Å². The quantitative estimate of drug-likeness (QED) is 0.575. The molecule has 2 aromatic rings. The molecule has 0 aliphatic carbocycles. The Morgan fingerprint density at radius 2 is 1.81 bits per heavy atom. The number of anilines is 1. The summed E-state index contributed by atoms with van der Waals surface area (Å²) < 4.78 is 1.93. The summed E-state index contributed by atoms with van der Waals surface area (Å²) in [6.45, 7) is 10.7. The van der Waals surface area contributed by atoms with Gasteiger partial charge in [0.05, 0.1) is 17.0 Å². The molecule has 1 saturated heterocycles. The minimum absolute atomic E-state index is 0.0978. The molecule has 1 aromatic carbocycles. The van der Waals surface area contributed by atoms with Crippen molar-refractivity contribution in [2.75, 3.05) is 31.1 Å². The van der Waals surface area contributed by atoms with Crippen LogP contribution in [0.1, 0.15) is 33.0 Å². The number of tetrazole rings is 1. The Bertz CT molecular complexity index is 749. The van der Waals surface area contributed by atoms with Crippen molar-refractivity contribution < 1.29 is 4.92 Å². The van der Waals surface area contributed by atoms with E-state index in [4.69, 9.17) is 0 Å². The Morgan fingerprint density at radius 3 is 2.38 bits per heavy atom. The number of hydrogen-bond donors (Lipinski definition) is 0. The van der Waals surface area contributed by atoms with E-state index >= 15 is 0 Å². The highest BCUT2D eigenvalue weighted by Gasteiger charge is 2.25. The van der Waals surface area contributed by atoms with Crippen molar-refractivity contribution in [1.29, 1.82) is 0 Å². The molecule has 9 heteroatoms. The zero-order valence-electron chi connectivity index (χ0n) is 15.5. The largest absolute Gasteiger partial charge is 0.369 e. The van der Waals surface area contributed by atoms with Gasteiger partial charge in [-0.3, -0.25) is 15.0 Å². The van der Waals surface area contributed by atoms with Gasteiger partial charge in [-0.05, 0) is 42.8 Å². The van der Waals surface area contributed by atoms with Crippen LogP contribution < -0.4 is 4.90 Å². The second-order valence-corrected chi connectivity index (χ2v) is 7.21. The fourth-order valence-corrected chi connectivity index (χ4v) is 3.07. The summed E-state index contributed by atoms with van der Waals surface area (Å²) in [4.78, 5) is 15.0. The zero-order chi connectivity index (χ0) is 18.7. The standard InChI is InChI=1S/C17H25N7O2/c1-4-17(2,3)23-16(18-19-20-23)13-21-9-11-22(12-10-21)14-5-7-15(8-6-14)24(25)26/h5-8H,4,9-13H2,1-3H3. The van der Waals surface area contributed by atoms with Crippen molar-refractivity contribution in [1.82, 2.24) is 25.1 Å². The van der Waals surface area contributed by atoms with E-state index in [1.165, 1.54) is 0 Å². The number of non-ortho nitro benzene ring substituents is 1. The first-order chi connectivity index (χ1) is 12.4. The van der Waals surface area contributed by atoms with E-state index in [9.17, 15) is 10.1 Å². The monoisotopic (exact) mass is 359 g/mol. The lowest BCUT2D eigenvalue weighted by molar-refractivity contribution is -0.384. The number of nitro groups is 1. The van der Waals surface area contributed by atoms with Gasteiger partial charge in [-0.25, -0.2) is 4.68 Å². The maximum absolute atomic E-state index is 10.8. The molecule has 1 aliphatic rings. The average molecular weight is 359 g/mol. The molecule has 0 saturated carbocycles. The Balaban J connectivity index is 1.59. The molecule has 0 bridgehead atoms. The van der Waals surface area contributed by atoms with E-state index in [2.05, 4.69) is 46.1 Å². The van der Waals surface area contributed by atoms with E-state index in [0.29, 0.717) is 0 Å². The molecule has 9 nitrogen and oxygen atoms in total. The summed E-state index contributed by atoms with van der Waals surface area (Å²) in [5, 5.41) is 23.0. The minimum atomic E-state index is -0.371. The van der Waals surface area contributed by atoms with Crippen LogP contribution >= 0.6 is 0 Å². The van der Waals surface area contributed by atoms with Gasteiger partial charge in [0.1, 0.15) is 0 Å². The molecule has 1 fully saturated rings. The van der Waals surface area contributed by atoms with Crippen LogP contribution in [-0.2, 0) is 12.1 Å². The van der Waals surface area contributed by atoms with Crippen molar-refractivity contribution in [3.05, 3.63) is 40.2 Å². The third kappa shape index (κ3) is 3.82. The molecule has 26 heavy (non-hydrogen) atoms. The molecule has 3 rings (SSSR count). The van der Waals surface area contributed by atoms with Crippen LogP contribution in [0, 0.1) is 10.1 Å². The second-order valence-electron chi connectivity index (χ2n) is 7.21. The summed E-state index contributed by atoms with van der Waals surface area (Å²) in [5.41, 5.74) is 1.05. The van der Waals surface area contributed by atoms with Crippen LogP contribution in [0.2, 0.25) is 0 Å². The normalized spacial score (nSPS) is 16.0. The molecule has 0 amide bonds. The molecule has 0 N–H and O–H groups in total. The molecule has 2 heterocycles. The third-order valence-corrected chi connectivity index (χ3v) is 5.14. The number of hydrogen-bond acceptors (Lipinski definition) is 7. The second kappa shape index (κ2) is 7.36. The summed E-state index contributed by atoms with van der Waals surface area (Å²) in [5.74, 6) is 0.889. The first-order valence-electron chi connectivity index (χ1n) is 8.90. The molecular weight excluding hydrogens is 334 g/mol. The Hall–Kier alpha value is -2.55. The Morgan fingerprint density at radius 1 is 1.15 bits per heavy atom. The minimum Gasteiger partial charge on any atom is -0.369 e. The van der Waals surface area contributed by atoms with E-state index in [1.54, 1.807) is 12.1 Å². The molecule has 1 aromatic heterocycles. The first-order valence-corrected chi connectivity index (χ1v) is 8.90. The summed E-state index contributed by atoms with van der Waals surface area (Å²) in [6, 6.07) is 6.75. The van der Waals surface area contributed by atoms with Crippen LogP contribution in [-0.4, -0.2) is 56.2 Å². The maximum atomic E-state index is 10.8. The van der Waals surface area contributed by atoms with E-state index in [0.717, 1.165) is 50.7 Å². The lowest BCUT2D eigenvalue weighted by Crippen LogP contribution is -2.46. The lowest BCUT2D eigenvalue weighted by atomic mass is 10.0. The molecule has 1 aliphatic heterocycles. The van der Waals surface area contributed by atoms with Crippen LogP contribution in [0.25, 0.3) is 0 Å². The number of aromatic nitrogens is 4. The maximum Gasteiger partial charge on any atom is 0.269 e. The Kier molecular flexibility index (Phi) is 5.17. The van der Waals surface area contributed by atoms with Gasteiger partial charge >= 0.3 is 0 Å². The Labute approximate surface area is 152 Å². The average Bonchev–Trinajstić information content (AvgIpc) is 3.11. The lowest BCUT2D eigenvalue weighted by Gasteiger charge is -2.36. The number of piperazine rings is 1. The van der Waals surface area contributed by atoms with Gasteiger partial charge in [0.15, 0.2) is 5.82 Å². The van der Waals surface area contributed by atoms with E-state index in [1.807, 2.05) is 16.8 Å². The molecule has 0 spiro atoms. The fraction of sp³-hybridized carbons (Fsp3) is 0.588. The molecule has 0 atom stereocenters. The number of nitro benzene ring substituents is 1. The van der Waals surface area contributed by atoms with Gasteiger partial charge in [-0.1, -0.05) is 6.92 Å². The fourth-order valence-electron chi connectivity index (χ4n) is 3.07. The zero-order valence-corrected chi connectivity index (χ0v) is 15.5. The van der Waals surface area contributed by atoms with E-state index in [-0.39, 0.29) is 16.1 Å². The van der Waals surface area contributed by atoms with E-state index < -0.39 is 0 Å². The molecular formula is C17H25N7O2. The molecule has 140 valence electrons. The van der Waals surface area contributed by atoms with Gasteiger partial charge in [0.25, 0.3) is 5.69 Å². The predicted molar refractivity (Wildman–Crippen MR) is 98.0 cm³/mol.